The number of anilines is 1. The van der Waals surface area contributed by atoms with Crippen molar-refractivity contribution in [2.24, 2.45) is 0 Å². The normalized spacial score (nSPS) is 10.8. The number of nitrogens with one attached hydrogen (secondary N) is 2. The topological polar surface area (TPSA) is 104 Å². The lowest BCUT2D eigenvalue weighted by molar-refractivity contribution is -0.121. The number of amides is 1. The van der Waals surface area contributed by atoms with Gasteiger partial charge in [0.25, 0.3) is 0 Å². The summed E-state index contributed by atoms with van der Waals surface area (Å²) in [4.78, 5) is 34.1. The highest BCUT2D eigenvalue weighted by Crippen LogP contribution is 2.40. The van der Waals surface area contributed by atoms with Gasteiger partial charge in [0.1, 0.15) is 17.0 Å². The second-order valence-electron chi connectivity index (χ2n) is 7.26. The first-order chi connectivity index (χ1) is 15.5. The number of carbonyl (C=O) groups is 2. The van der Waals surface area contributed by atoms with Gasteiger partial charge in [-0.3, -0.25) is 4.79 Å². The van der Waals surface area contributed by atoms with Gasteiger partial charge in [0.15, 0.2) is 0 Å². The molecule has 4 aromatic rings. The molecule has 1 amide bonds. The Bertz CT molecular complexity index is 1250. The number of carboxylic acids is 1. The van der Waals surface area contributed by atoms with E-state index in [4.69, 9.17) is 5.11 Å². The third-order valence-electron chi connectivity index (χ3n) is 5.06. The summed E-state index contributed by atoms with van der Waals surface area (Å²) in [5, 5.41) is 16.1. The standard InChI is InChI=1S/C24H22N4O3S/c1-15-20(17-5-3-2-4-6-17)21-22(27-14-28-23(21)32-15)25-12-11-19(29)26-13-16-7-9-18(10-8-16)24(30)31/h2-10,14H,11-13H2,1H3,(H,26,29)(H,30,31)(H,25,27,28). The van der Waals surface area contributed by atoms with Crippen LogP contribution in [0.1, 0.15) is 27.2 Å². The Morgan fingerprint density at radius 1 is 1.03 bits per heavy atom. The van der Waals surface area contributed by atoms with Crippen molar-refractivity contribution in [2.75, 3.05) is 11.9 Å². The molecule has 0 aliphatic carbocycles. The van der Waals surface area contributed by atoms with E-state index in [1.165, 1.54) is 23.3 Å². The molecule has 2 aromatic heterocycles. The van der Waals surface area contributed by atoms with Gasteiger partial charge in [-0.1, -0.05) is 42.5 Å². The largest absolute Gasteiger partial charge is 0.478 e. The maximum atomic E-state index is 12.3. The molecule has 162 valence electrons. The molecular weight excluding hydrogens is 424 g/mol. The molecule has 0 unspecified atom stereocenters. The zero-order valence-electron chi connectivity index (χ0n) is 17.5. The highest BCUT2D eigenvalue weighted by Gasteiger charge is 2.16. The zero-order valence-corrected chi connectivity index (χ0v) is 18.3. The van der Waals surface area contributed by atoms with Gasteiger partial charge in [-0.2, -0.15) is 0 Å². The Hall–Kier alpha value is -3.78. The smallest absolute Gasteiger partial charge is 0.335 e. The van der Waals surface area contributed by atoms with Crippen LogP contribution in [-0.4, -0.2) is 33.5 Å². The maximum Gasteiger partial charge on any atom is 0.335 e. The highest BCUT2D eigenvalue weighted by atomic mass is 32.1. The molecule has 0 radical (unpaired) electrons. The summed E-state index contributed by atoms with van der Waals surface area (Å²) in [5.74, 6) is -0.355. The first kappa shape index (κ1) is 21.5. The Labute approximate surface area is 189 Å². The van der Waals surface area contributed by atoms with E-state index in [9.17, 15) is 9.59 Å². The summed E-state index contributed by atoms with van der Waals surface area (Å²) in [6, 6.07) is 16.6. The minimum Gasteiger partial charge on any atom is -0.478 e. The number of hydrogen-bond donors (Lipinski definition) is 3. The van der Waals surface area contributed by atoms with Crippen LogP contribution in [0.5, 0.6) is 0 Å². The van der Waals surface area contributed by atoms with Crippen molar-refractivity contribution in [2.45, 2.75) is 19.9 Å². The molecule has 0 atom stereocenters. The number of aromatic carboxylic acids is 1. The molecule has 3 N–H and O–H groups in total. The fourth-order valence-electron chi connectivity index (χ4n) is 3.48. The van der Waals surface area contributed by atoms with E-state index in [0.717, 1.165) is 32.7 Å². The van der Waals surface area contributed by atoms with Gasteiger partial charge < -0.3 is 15.7 Å². The van der Waals surface area contributed by atoms with Crippen molar-refractivity contribution in [3.8, 4) is 11.1 Å². The lowest BCUT2D eigenvalue weighted by Crippen LogP contribution is -2.25. The van der Waals surface area contributed by atoms with Gasteiger partial charge >= 0.3 is 5.97 Å². The molecule has 8 heteroatoms. The van der Waals surface area contributed by atoms with E-state index >= 15 is 0 Å². The van der Waals surface area contributed by atoms with Crippen LogP contribution in [-0.2, 0) is 11.3 Å². The summed E-state index contributed by atoms with van der Waals surface area (Å²) in [5.41, 5.74) is 3.29. The average Bonchev–Trinajstić information content (AvgIpc) is 3.15. The van der Waals surface area contributed by atoms with Crippen LogP contribution in [0.3, 0.4) is 0 Å². The first-order valence-electron chi connectivity index (χ1n) is 10.1. The van der Waals surface area contributed by atoms with Crippen LogP contribution in [0, 0.1) is 6.92 Å². The summed E-state index contributed by atoms with van der Waals surface area (Å²) >= 11 is 1.63. The van der Waals surface area contributed by atoms with E-state index in [-0.39, 0.29) is 17.9 Å². The summed E-state index contributed by atoms with van der Waals surface area (Å²) in [6.45, 7) is 2.85. The quantitative estimate of drug-likeness (QED) is 0.369. The third-order valence-corrected chi connectivity index (χ3v) is 6.08. The van der Waals surface area contributed by atoms with Crippen molar-refractivity contribution < 1.29 is 14.7 Å². The predicted molar refractivity (Wildman–Crippen MR) is 126 cm³/mol. The van der Waals surface area contributed by atoms with Crippen LogP contribution in [0.4, 0.5) is 5.82 Å². The van der Waals surface area contributed by atoms with Gasteiger partial charge in [-0.05, 0) is 30.2 Å². The number of aromatic nitrogens is 2. The van der Waals surface area contributed by atoms with Crippen molar-refractivity contribution >= 4 is 39.2 Å². The van der Waals surface area contributed by atoms with E-state index in [2.05, 4.69) is 39.7 Å². The van der Waals surface area contributed by atoms with Gasteiger partial charge in [0, 0.05) is 30.0 Å². The first-order valence-corrected chi connectivity index (χ1v) is 11.0. The van der Waals surface area contributed by atoms with E-state index in [1.54, 1.807) is 23.5 Å². The van der Waals surface area contributed by atoms with Gasteiger partial charge in [0.2, 0.25) is 5.91 Å². The Morgan fingerprint density at radius 2 is 1.78 bits per heavy atom. The van der Waals surface area contributed by atoms with Crippen molar-refractivity contribution in [1.82, 2.24) is 15.3 Å². The number of hydrogen-bond acceptors (Lipinski definition) is 6. The summed E-state index contributed by atoms with van der Waals surface area (Å²) in [6.07, 6.45) is 1.82. The number of thiophene rings is 1. The fourth-order valence-corrected chi connectivity index (χ4v) is 4.49. The molecule has 0 aliphatic heterocycles. The van der Waals surface area contributed by atoms with Crippen LogP contribution in [0.15, 0.2) is 60.9 Å². The lowest BCUT2D eigenvalue weighted by Gasteiger charge is -2.10. The molecule has 0 bridgehead atoms. The zero-order chi connectivity index (χ0) is 22.5. The Kier molecular flexibility index (Phi) is 6.42. The minimum atomic E-state index is -0.971. The van der Waals surface area contributed by atoms with Gasteiger partial charge in [0.05, 0.1) is 10.9 Å². The number of aryl methyl sites for hydroxylation is 1. The van der Waals surface area contributed by atoms with Crippen LogP contribution in [0.2, 0.25) is 0 Å². The number of carboxylic acid groups (broad SMARTS) is 1. The third kappa shape index (κ3) is 4.76. The number of nitrogens with zero attached hydrogens (tertiary/aromatic N) is 2. The molecule has 32 heavy (non-hydrogen) atoms. The van der Waals surface area contributed by atoms with Crippen LogP contribution in [0.25, 0.3) is 21.3 Å². The molecule has 0 saturated heterocycles. The molecular formula is C24H22N4O3S. The Morgan fingerprint density at radius 3 is 2.50 bits per heavy atom. The Balaban J connectivity index is 1.39. The van der Waals surface area contributed by atoms with Crippen LogP contribution < -0.4 is 10.6 Å². The summed E-state index contributed by atoms with van der Waals surface area (Å²) in [7, 11) is 0. The van der Waals surface area contributed by atoms with Crippen LogP contribution >= 0.6 is 11.3 Å². The van der Waals surface area contributed by atoms with Crippen molar-refractivity contribution in [3.63, 3.8) is 0 Å². The maximum absolute atomic E-state index is 12.3. The number of rotatable bonds is 8. The van der Waals surface area contributed by atoms with Crippen molar-refractivity contribution in [1.29, 1.82) is 0 Å². The monoisotopic (exact) mass is 446 g/mol. The number of fused-ring (bicyclic) bond motifs is 1. The van der Waals surface area contributed by atoms with E-state index in [0.29, 0.717) is 13.1 Å². The molecule has 2 aromatic carbocycles. The minimum absolute atomic E-state index is 0.102. The molecule has 4 rings (SSSR count). The van der Waals surface area contributed by atoms with Crippen molar-refractivity contribution in [3.05, 3.63) is 76.9 Å². The molecule has 0 fully saturated rings. The van der Waals surface area contributed by atoms with Gasteiger partial charge in [-0.15, -0.1) is 11.3 Å². The van der Waals surface area contributed by atoms with E-state index in [1.807, 2.05) is 18.2 Å². The molecule has 0 saturated carbocycles. The fraction of sp³-hybridized carbons (Fsp3) is 0.167. The molecule has 0 spiro atoms. The predicted octanol–water partition coefficient (Wildman–Crippen LogP) is 4.48. The second-order valence-corrected chi connectivity index (χ2v) is 8.46. The molecule has 2 heterocycles. The number of benzene rings is 2. The van der Waals surface area contributed by atoms with Gasteiger partial charge in [-0.25, -0.2) is 14.8 Å². The summed E-state index contributed by atoms with van der Waals surface area (Å²) < 4.78 is 0. The molecule has 7 nitrogen and oxygen atoms in total. The number of carbonyl (C=O) groups excluding carboxylic acids is 1. The van der Waals surface area contributed by atoms with E-state index < -0.39 is 5.97 Å². The highest BCUT2D eigenvalue weighted by molar-refractivity contribution is 7.19. The second kappa shape index (κ2) is 9.57. The SMILES string of the molecule is Cc1sc2ncnc(NCCC(=O)NCc3ccc(C(=O)O)cc3)c2c1-c1ccccc1. The molecule has 0 aliphatic rings. The average molecular weight is 447 g/mol. The lowest BCUT2D eigenvalue weighted by atomic mass is 10.0.